The van der Waals surface area contributed by atoms with Crippen molar-refractivity contribution in [3.8, 4) is 0 Å². The van der Waals surface area contributed by atoms with Crippen LogP contribution in [-0.4, -0.2) is 51.9 Å². The van der Waals surface area contributed by atoms with Crippen LogP contribution in [0.25, 0.3) is 4.96 Å². The van der Waals surface area contributed by atoms with Gasteiger partial charge in [0.2, 0.25) is 5.82 Å². The minimum Gasteiger partial charge on any atom is -0.358 e. The number of aromatic nitrogens is 2. The molecule has 3 rings (SSSR count). The fourth-order valence-corrected chi connectivity index (χ4v) is 3.57. The normalized spacial score (nSPS) is 17.3. The van der Waals surface area contributed by atoms with Crippen molar-refractivity contribution in [1.29, 1.82) is 0 Å². The zero-order valence-electron chi connectivity index (χ0n) is 12.1. The lowest BCUT2D eigenvalue weighted by Gasteiger charge is -2.20. The van der Waals surface area contributed by atoms with Gasteiger partial charge in [-0.15, -0.1) is 0 Å². The number of hydrogen-bond acceptors (Lipinski definition) is 6. The summed E-state index contributed by atoms with van der Waals surface area (Å²) in [5.41, 5.74) is 0. The van der Waals surface area contributed by atoms with E-state index in [-0.39, 0.29) is 10.7 Å². The van der Waals surface area contributed by atoms with Gasteiger partial charge >= 0.3 is 5.82 Å². The van der Waals surface area contributed by atoms with E-state index in [9.17, 15) is 10.1 Å². The van der Waals surface area contributed by atoms with Crippen molar-refractivity contribution in [2.75, 3.05) is 37.6 Å². The zero-order chi connectivity index (χ0) is 14.8. The number of hydrogen-bond donors (Lipinski definition) is 0. The predicted molar refractivity (Wildman–Crippen MR) is 83.3 cm³/mol. The molecule has 1 saturated heterocycles. The van der Waals surface area contributed by atoms with E-state index in [1.807, 2.05) is 5.38 Å². The third-order valence-corrected chi connectivity index (χ3v) is 4.58. The van der Waals surface area contributed by atoms with Gasteiger partial charge in [-0.2, -0.15) is 9.38 Å². The van der Waals surface area contributed by atoms with Crippen LogP contribution in [0.5, 0.6) is 0 Å². The lowest BCUT2D eigenvalue weighted by atomic mass is 10.3. The summed E-state index contributed by atoms with van der Waals surface area (Å²) in [7, 11) is 0. The molecule has 3 heterocycles. The van der Waals surface area contributed by atoms with Gasteiger partial charge in [-0.1, -0.05) is 18.3 Å². The maximum atomic E-state index is 11.4. The van der Waals surface area contributed by atoms with Crippen LogP contribution in [0.3, 0.4) is 0 Å². The third kappa shape index (κ3) is 2.73. The van der Waals surface area contributed by atoms with Crippen molar-refractivity contribution in [2.45, 2.75) is 19.8 Å². The molecule has 1 aliphatic rings. The summed E-state index contributed by atoms with van der Waals surface area (Å²) < 4.78 is 1.58. The molecule has 0 atom stereocenters. The van der Waals surface area contributed by atoms with E-state index in [0.717, 1.165) is 45.6 Å². The molecule has 2 aromatic heterocycles. The van der Waals surface area contributed by atoms with Crippen LogP contribution < -0.4 is 4.90 Å². The summed E-state index contributed by atoms with van der Waals surface area (Å²) >= 11 is 1.43. The summed E-state index contributed by atoms with van der Waals surface area (Å²) in [5, 5.41) is 13.2. The van der Waals surface area contributed by atoms with Gasteiger partial charge in [-0.05, 0) is 30.9 Å². The quantitative estimate of drug-likeness (QED) is 0.640. The molecule has 8 heteroatoms. The second-order valence-electron chi connectivity index (χ2n) is 5.25. The number of imidazole rings is 1. The summed E-state index contributed by atoms with van der Waals surface area (Å²) in [5.74, 6) is 0.611. The molecule has 2 aromatic rings. The topological polar surface area (TPSA) is 66.9 Å². The molecular formula is C13H19N5O2S. The Labute approximate surface area is 126 Å². The van der Waals surface area contributed by atoms with Gasteiger partial charge in [0.15, 0.2) is 0 Å². The van der Waals surface area contributed by atoms with Gasteiger partial charge in [0.05, 0.1) is 0 Å². The van der Waals surface area contributed by atoms with Crippen LogP contribution in [0.4, 0.5) is 11.6 Å². The highest BCUT2D eigenvalue weighted by atomic mass is 32.1. The summed E-state index contributed by atoms with van der Waals surface area (Å²) in [6.45, 7) is 6.89. The Hall–Kier alpha value is -1.67. The first-order valence-corrected chi connectivity index (χ1v) is 8.16. The highest BCUT2D eigenvalue weighted by Gasteiger charge is 2.28. The van der Waals surface area contributed by atoms with Gasteiger partial charge in [-0.25, -0.2) is 0 Å². The maximum Gasteiger partial charge on any atom is 0.373 e. The smallest absolute Gasteiger partial charge is 0.358 e. The first-order chi connectivity index (χ1) is 10.2. The first-order valence-electron chi connectivity index (χ1n) is 7.28. The minimum atomic E-state index is -0.323. The van der Waals surface area contributed by atoms with E-state index in [0.29, 0.717) is 10.8 Å². The molecule has 0 amide bonds. The standard InChI is InChI=1S/C13H19N5O2S/c1-2-4-15-5-3-6-16(8-7-15)11-12(18(19)20)17-9-10-21-13(17)14-11/h9-10H,2-8H2,1H3. The van der Waals surface area contributed by atoms with E-state index < -0.39 is 0 Å². The summed E-state index contributed by atoms with van der Waals surface area (Å²) in [4.78, 5) is 20.7. The first kappa shape index (κ1) is 14.3. The van der Waals surface area contributed by atoms with Crippen molar-refractivity contribution in [2.24, 2.45) is 0 Å². The molecular weight excluding hydrogens is 290 g/mol. The second-order valence-corrected chi connectivity index (χ2v) is 6.13. The van der Waals surface area contributed by atoms with Crippen molar-refractivity contribution in [3.63, 3.8) is 0 Å². The third-order valence-electron chi connectivity index (χ3n) is 3.82. The van der Waals surface area contributed by atoms with E-state index >= 15 is 0 Å². The van der Waals surface area contributed by atoms with Gasteiger partial charge < -0.3 is 19.9 Å². The van der Waals surface area contributed by atoms with Crippen LogP contribution in [0, 0.1) is 10.1 Å². The van der Waals surface area contributed by atoms with E-state index in [2.05, 4.69) is 21.7 Å². The van der Waals surface area contributed by atoms with Gasteiger partial charge in [0, 0.05) is 25.0 Å². The number of nitrogens with zero attached hydrogens (tertiary/aromatic N) is 5. The van der Waals surface area contributed by atoms with E-state index in [1.165, 1.54) is 11.3 Å². The average Bonchev–Trinajstić information content (AvgIpc) is 2.94. The molecule has 114 valence electrons. The molecule has 0 bridgehead atoms. The number of nitro groups is 1. The molecule has 0 N–H and O–H groups in total. The molecule has 21 heavy (non-hydrogen) atoms. The Morgan fingerprint density at radius 2 is 2.24 bits per heavy atom. The monoisotopic (exact) mass is 309 g/mol. The van der Waals surface area contributed by atoms with Crippen LogP contribution in [0.1, 0.15) is 19.8 Å². The van der Waals surface area contributed by atoms with Gasteiger partial charge in [0.1, 0.15) is 6.20 Å². The Morgan fingerprint density at radius 1 is 1.38 bits per heavy atom. The van der Waals surface area contributed by atoms with Crippen LogP contribution in [-0.2, 0) is 0 Å². The van der Waals surface area contributed by atoms with Crippen LogP contribution in [0.15, 0.2) is 11.6 Å². The number of fused-ring (bicyclic) bond motifs is 1. The fraction of sp³-hybridized carbons (Fsp3) is 0.615. The van der Waals surface area contributed by atoms with Crippen molar-refractivity contribution in [3.05, 3.63) is 21.7 Å². The van der Waals surface area contributed by atoms with Crippen molar-refractivity contribution in [1.82, 2.24) is 14.3 Å². The number of thiazole rings is 1. The van der Waals surface area contributed by atoms with E-state index in [1.54, 1.807) is 10.6 Å². The van der Waals surface area contributed by atoms with Crippen molar-refractivity contribution < 1.29 is 4.92 Å². The molecule has 1 aliphatic heterocycles. The average molecular weight is 309 g/mol. The van der Waals surface area contributed by atoms with E-state index in [4.69, 9.17) is 0 Å². The van der Waals surface area contributed by atoms with Crippen LogP contribution >= 0.6 is 11.3 Å². The Bertz CT molecular complexity index is 638. The number of rotatable bonds is 4. The van der Waals surface area contributed by atoms with Gasteiger partial charge in [-0.3, -0.25) is 0 Å². The maximum absolute atomic E-state index is 11.4. The molecule has 0 unspecified atom stereocenters. The molecule has 7 nitrogen and oxygen atoms in total. The minimum absolute atomic E-state index is 0.0928. The number of anilines is 1. The Balaban J connectivity index is 1.87. The molecule has 1 fully saturated rings. The second kappa shape index (κ2) is 5.98. The zero-order valence-corrected chi connectivity index (χ0v) is 12.9. The Kier molecular flexibility index (Phi) is 4.07. The highest BCUT2D eigenvalue weighted by molar-refractivity contribution is 7.15. The Morgan fingerprint density at radius 3 is 3.00 bits per heavy atom. The molecule has 0 saturated carbocycles. The van der Waals surface area contributed by atoms with Gasteiger partial charge in [0.25, 0.3) is 4.96 Å². The SMILES string of the molecule is CCCN1CCCN(c2nc3sccn3c2[N+](=O)[O-])CC1. The molecule has 0 aliphatic carbocycles. The lowest BCUT2D eigenvalue weighted by molar-refractivity contribution is -0.389. The largest absolute Gasteiger partial charge is 0.373 e. The molecule has 0 aromatic carbocycles. The molecule has 0 spiro atoms. The summed E-state index contributed by atoms with van der Waals surface area (Å²) in [6, 6.07) is 0. The predicted octanol–water partition coefficient (Wildman–Crippen LogP) is 2.23. The highest BCUT2D eigenvalue weighted by Crippen LogP contribution is 2.31. The fourth-order valence-electron chi connectivity index (χ4n) is 2.87. The van der Waals surface area contributed by atoms with Crippen LogP contribution in [0.2, 0.25) is 0 Å². The lowest BCUT2D eigenvalue weighted by Crippen LogP contribution is -2.31. The molecule has 0 radical (unpaired) electrons. The summed E-state index contributed by atoms with van der Waals surface area (Å²) in [6.07, 6.45) is 3.87. The van der Waals surface area contributed by atoms with Crippen molar-refractivity contribution >= 4 is 27.9 Å².